The maximum absolute atomic E-state index is 11.4. The minimum atomic E-state index is 0.101. The number of nitrogens with one attached hydrogen (secondary N) is 1. The molecule has 1 N–H and O–H groups in total. The maximum atomic E-state index is 11.4. The van der Waals surface area contributed by atoms with Crippen molar-refractivity contribution in [2.75, 3.05) is 36.4 Å². The summed E-state index contributed by atoms with van der Waals surface area (Å²) in [5, 5.41) is 4.15. The highest BCUT2D eigenvalue weighted by Crippen LogP contribution is 2.19. The Morgan fingerprint density at radius 2 is 1.54 bits per heavy atom. The number of piperazine rings is 1. The summed E-state index contributed by atoms with van der Waals surface area (Å²) < 4.78 is 0. The van der Waals surface area contributed by atoms with Gasteiger partial charge in [-0.2, -0.15) is 0 Å². The van der Waals surface area contributed by atoms with Gasteiger partial charge in [0.2, 0.25) is 0 Å². The number of carbonyl (C=O) groups excluding carboxylic acids is 1. The van der Waals surface area contributed by atoms with Gasteiger partial charge in [-0.3, -0.25) is 4.79 Å². The second-order valence-corrected chi connectivity index (χ2v) is 7.27. The van der Waals surface area contributed by atoms with Gasteiger partial charge in [0, 0.05) is 43.1 Å². The molecule has 1 heterocycles. The Morgan fingerprint density at radius 1 is 0.962 bits per heavy atom. The minimum Gasteiger partial charge on any atom is -0.368 e. The summed E-state index contributed by atoms with van der Waals surface area (Å²) in [6.45, 7) is 9.37. The topological polar surface area (TPSA) is 35.6 Å². The molecule has 1 fully saturated rings. The van der Waals surface area contributed by atoms with E-state index < -0.39 is 0 Å². The summed E-state index contributed by atoms with van der Waals surface area (Å²) in [6.07, 6.45) is 0. The molecule has 0 aromatic heterocycles. The normalized spacial score (nSPS) is 14.3. The van der Waals surface area contributed by atoms with E-state index in [1.54, 1.807) is 6.92 Å². The quantitative estimate of drug-likeness (QED) is 0.655. The van der Waals surface area contributed by atoms with Crippen LogP contribution in [0.5, 0.6) is 0 Å². The van der Waals surface area contributed by atoms with Gasteiger partial charge in [0.1, 0.15) is 0 Å². The van der Waals surface area contributed by atoms with E-state index >= 15 is 0 Å². The molecule has 0 unspecified atom stereocenters. The second kappa shape index (κ2) is 7.87. The maximum Gasteiger partial charge on any atom is 0.173 e. The number of rotatable bonds is 3. The van der Waals surface area contributed by atoms with Gasteiger partial charge in [0.05, 0.1) is 0 Å². The van der Waals surface area contributed by atoms with Crippen LogP contribution in [0, 0.1) is 13.8 Å². The molecule has 3 rings (SSSR count). The summed E-state index contributed by atoms with van der Waals surface area (Å²) in [7, 11) is 0. The van der Waals surface area contributed by atoms with E-state index in [9.17, 15) is 4.79 Å². The number of benzene rings is 2. The number of aryl methyl sites for hydroxylation is 2. The first kappa shape index (κ1) is 18.4. The molecule has 0 bridgehead atoms. The summed E-state index contributed by atoms with van der Waals surface area (Å²) in [6, 6.07) is 14.2. The molecule has 5 heteroatoms. The molecular formula is C21H25N3OS. The monoisotopic (exact) mass is 367 g/mol. The third kappa shape index (κ3) is 4.41. The van der Waals surface area contributed by atoms with E-state index in [0.29, 0.717) is 0 Å². The summed E-state index contributed by atoms with van der Waals surface area (Å²) in [5.41, 5.74) is 5.42. The molecule has 0 spiro atoms. The highest BCUT2D eigenvalue weighted by Gasteiger charge is 2.19. The van der Waals surface area contributed by atoms with Crippen molar-refractivity contribution in [1.29, 1.82) is 0 Å². The fourth-order valence-corrected chi connectivity index (χ4v) is 3.62. The molecule has 26 heavy (non-hydrogen) atoms. The lowest BCUT2D eigenvalue weighted by molar-refractivity contribution is 0.101. The Balaban J connectivity index is 1.57. The van der Waals surface area contributed by atoms with Crippen LogP contribution in [0.2, 0.25) is 0 Å². The van der Waals surface area contributed by atoms with Crippen molar-refractivity contribution in [3.05, 3.63) is 59.2 Å². The average molecular weight is 368 g/mol. The van der Waals surface area contributed by atoms with Crippen molar-refractivity contribution in [3.63, 3.8) is 0 Å². The summed E-state index contributed by atoms with van der Waals surface area (Å²) >= 11 is 5.60. The molecule has 0 radical (unpaired) electrons. The zero-order valence-electron chi connectivity index (χ0n) is 15.6. The van der Waals surface area contributed by atoms with E-state index in [2.05, 4.69) is 47.2 Å². The van der Waals surface area contributed by atoms with Gasteiger partial charge in [0.15, 0.2) is 10.9 Å². The highest BCUT2D eigenvalue weighted by molar-refractivity contribution is 7.80. The van der Waals surface area contributed by atoms with Crippen LogP contribution in [0.4, 0.5) is 11.4 Å². The van der Waals surface area contributed by atoms with Crippen molar-refractivity contribution in [2.24, 2.45) is 0 Å². The smallest absolute Gasteiger partial charge is 0.173 e. The Hall–Kier alpha value is -2.40. The standard InChI is InChI=1S/C21H25N3OS/c1-15-12-16(2)14-19(13-15)22-21(26)24-10-8-23(9-11-24)20-6-4-18(5-7-20)17(3)25/h4-7,12-14H,8-11H2,1-3H3,(H,22,26). The van der Waals surface area contributed by atoms with Gasteiger partial charge in [0.25, 0.3) is 0 Å². The third-order valence-corrected chi connectivity index (χ3v) is 5.04. The van der Waals surface area contributed by atoms with Crippen molar-refractivity contribution >= 4 is 34.5 Å². The van der Waals surface area contributed by atoms with Crippen LogP contribution in [-0.2, 0) is 0 Å². The van der Waals surface area contributed by atoms with Gasteiger partial charge < -0.3 is 15.1 Å². The summed E-state index contributed by atoms with van der Waals surface area (Å²) in [5.74, 6) is 0.101. The number of hydrogen-bond acceptors (Lipinski definition) is 3. The van der Waals surface area contributed by atoms with E-state index in [4.69, 9.17) is 12.2 Å². The van der Waals surface area contributed by atoms with Crippen LogP contribution in [0.15, 0.2) is 42.5 Å². The fourth-order valence-electron chi connectivity index (χ4n) is 3.32. The zero-order valence-corrected chi connectivity index (χ0v) is 16.4. The number of thiocarbonyl (C=S) groups is 1. The molecule has 2 aromatic carbocycles. The molecule has 0 amide bonds. The average Bonchev–Trinajstić information content (AvgIpc) is 2.61. The molecule has 1 aliphatic heterocycles. The molecule has 0 aliphatic carbocycles. The van der Waals surface area contributed by atoms with Crippen molar-refractivity contribution in [2.45, 2.75) is 20.8 Å². The Morgan fingerprint density at radius 3 is 2.08 bits per heavy atom. The van der Waals surface area contributed by atoms with Crippen LogP contribution < -0.4 is 10.2 Å². The minimum absolute atomic E-state index is 0.101. The molecule has 0 atom stereocenters. The third-order valence-electron chi connectivity index (χ3n) is 4.68. The Bertz CT molecular complexity index is 788. The predicted molar refractivity (Wildman–Crippen MR) is 112 cm³/mol. The van der Waals surface area contributed by atoms with Crippen molar-refractivity contribution in [1.82, 2.24) is 4.90 Å². The van der Waals surface area contributed by atoms with E-state index in [-0.39, 0.29) is 5.78 Å². The second-order valence-electron chi connectivity index (χ2n) is 6.88. The molecule has 0 saturated carbocycles. The van der Waals surface area contributed by atoms with Crippen LogP contribution in [0.25, 0.3) is 0 Å². The number of anilines is 2. The van der Waals surface area contributed by atoms with Crippen LogP contribution >= 0.6 is 12.2 Å². The first-order chi connectivity index (χ1) is 12.4. The van der Waals surface area contributed by atoms with Crippen molar-refractivity contribution in [3.8, 4) is 0 Å². The lowest BCUT2D eigenvalue weighted by atomic mass is 10.1. The Labute approximate surface area is 160 Å². The SMILES string of the molecule is CC(=O)c1ccc(N2CCN(C(=S)Nc3cc(C)cc(C)c3)CC2)cc1. The van der Waals surface area contributed by atoms with Gasteiger partial charge >= 0.3 is 0 Å². The molecule has 2 aromatic rings. The molecule has 1 aliphatic rings. The van der Waals surface area contributed by atoms with Crippen molar-refractivity contribution < 1.29 is 4.79 Å². The van der Waals surface area contributed by atoms with Crippen LogP contribution in [0.3, 0.4) is 0 Å². The largest absolute Gasteiger partial charge is 0.368 e. The molecular weight excluding hydrogens is 342 g/mol. The summed E-state index contributed by atoms with van der Waals surface area (Å²) in [4.78, 5) is 16.0. The number of hydrogen-bond donors (Lipinski definition) is 1. The fraction of sp³-hybridized carbons (Fsp3) is 0.333. The molecule has 4 nitrogen and oxygen atoms in total. The van der Waals surface area contributed by atoms with E-state index in [1.807, 2.05) is 24.3 Å². The first-order valence-corrected chi connectivity index (χ1v) is 9.33. The number of ketones is 1. The highest BCUT2D eigenvalue weighted by atomic mass is 32.1. The van der Waals surface area contributed by atoms with Gasteiger partial charge in [-0.1, -0.05) is 6.07 Å². The van der Waals surface area contributed by atoms with Gasteiger partial charge in [-0.05, 0) is 80.5 Å². The molecule has 1 saturated heterocycles. The Kier molecular flexibility index (Phi) is 5.57. The lowest BCUT2D eigenvalue weighted by Crippen LogP contribution is -2.50. The predicted octanol–water partition coefficient (Wildman–Crippen LogP) is 4.03. The number of nitrogens with zero attached hydrogens (tertiary/aromatic N) is 2. The van der Waals surface area contributed by atoms with E-state index in [1.165, 1.54) is 11.1 Å². The molecule has 136 valence electrons. The van der Waals surface area contributed by atoms with Gasteiger partial charge in [-0.15, -0.1) is 0 Å². The lowest BCUT2D eigenvalue weighted by Gasteiger charge is -2.37. The number of Topliss-reactive ketones (excluding diaryl/α,β-unsaturated/α-hetero) is 1. The van der Waals surface area contributed by atoms with E-state index in [0.717, 1.165) is 48.2 Å². The van der Waals surface area contributed by atoms with Crippen LogP contribution in [0.1, 0.15) is 28.4 Å². The van der Waals surface area contributed by atoms with Gasteiger partial charge in [-0.25, -0.2) is 0 Å². The zero-order chi connectivity index (χ0) is 18.7. The first-order valence-electron chi connectivity index (χ1n) is 8.92. The van der Waals surface area contributed by atoms with Crippen LogP contribution in [-0.4, -0.2) is 42.0 Å². The number of carbonyl (C=O) groups is 1.